The number of hydrogen-bond acceptors (Lipinski definition) is 4. The highest BCUT2D eigenvalue weighted by Gasteiger charge is 2.19. The lowest BCUT2D eigenvalue weighted by Gasteiger charge is -2.26. The molecule has 1 aliphatic rings. The lowest BCUT2D eigenvalue weighted by Crippen LogP contribution is -2.43. The quantitative estimate of drug-likeness (QED) is 0.846. The number of nitrogens with one attached hydrogen (secondary N) is 2. The maximum absolute atomic E-state index is 11.8. The van der Waals surface area contributed by atoms with Gasteiger partial charge in [-0.3, -0.25) is 4.79 Å². The van der Waals surface area contributed by atoms with Crippen LogP contribution in [-0.2, 0) is 11.3 Å². The van der Waals surface area contributed by atoms with Crippen LogP contribution in [0.2, 0.25) is 0 Å². The van der Waals surface area contributed by atoms with Gasteiger partial charge in [0.1, 0.15) is 12.7 Å². The minimum Gasteiger partial charge on any atom is -0.326 e. The molecule has 2 aromatic rings. The van der Waals surface area contributed by atoms with Crippen molar-refractivity contribution in [1.82, 2.24) is 20.1 Å². The molecule has 0 atom stereocenters. The van der Waals surface area contributed by atoms with Crippen LogP contribution in [0, 0.1) is 5.92 Å². The van der Waals surface area contributed by atoms with Gasteiger partial charge in [-0.25, -0.2) is 9.67 Å². The van der Waals surface area contributed by atoms with Crippen LogP contribution in [0.1, 0.15) is 12.0 Å². The molecule has 1 saturated heterocycles. The van der Waals surface area contributed by atoms with Gasteiger partial charge in [-0.05, 0) is 36.7 Å². The fourth-order valence-electron chi connectivity index (χ4n) is 2.16. The van der Waals surface area contributed by atoms with E-state index in [9.17, 15) is 4.79 Å². The van der Waals surface area contributed by atoms with E-state index in [0.717, 1.165) is 24.3 Å². The third kappa shape index (κ3) is 3.21. The third-order valence-electron chi connectivity index (χ3n) is 3.39. The normalized spacial score (nSPS) is 14.8. The summed E-state index contributed by atoms with van der Waals surface area (Å²) in [6.07, 6.45) is 3.79. The smallest absolute Gasteiger partial charge is 0.224 e. The second kappa shape index (κ2) is 5.83. The maximum atomic E-state index is 11.8. The molecular formula is C14H17N5O. The van der Waals surface area contributed by atoms with E-state index in [1.165, 1.54) is 6.33 Å². The zero-order valence-corrected chi connectivity index (χ0v) is 11.1. The van der Waals surface area contributed by atoms with Crippen LogP contribution in [0.5, 0.6) is 0 Å². The van der Waals surface area contributed by atoms with E-state index in [-0.39, 0.29) is 5.91 Å². The van der Waals surface area contributed by atoms with Crippen LogP contribution in [0.15, 0.2) is 36.9 Å². The zero-order chi connectivity index (χ0) is 13.8. The summed E-state index contributed by atoms with van der Waals surface area (Å²) in [4.78, 5) is 15.7. The van der Waals surface area contributed by atoms with Gasteiger partial charge in [0.25, 0.3) is 0 Å². The third-order valence-corrected chi connectivity index (χ3v) is 3.39. The Morgan fingerprint density at radius 3 is 2.75 bits per heavy atom. The molecule has 6 nitrogen and oxygen atoms in total. The number of benzene rings is 1. The molecule has 0 unspecified atom stereocenters. The fraction of sp³-hybridized carbons (Fsp3) is 0.357. The van der Waals surface area contributed by atoms with E-state index in [2.05, 4.69) is 20.7 Å². The Kier molecular flexibility index (Phi) is 3.73. The minimum absolute atomic E-state index is 0.0838. The molecule has 104 valence electrons. The number of nitrogens with zero attached hydrogens (tertiary/aromatic N) is 3. The predicted molar refractivity (Wildman–Crippen MR) is 75.2 cm³/mol. The maximum Gasteiger partial charge on any atom is 0.224 e. The molecule has 1 aromatic heterocycles. The Balaban J connectivity index is 1.54. The van der Waals surface area contributed by atoms with Crippen LogP contribution < -0.4 is 10.6 Å². The lowest BCUT2D eigenvalue weighted by molar-refractivity contribution is -0.117. The van der Waals surface area contributed by atoms with Crippen molar-refractivity contribution in [2.45, 2.75) is 13.0 Å². The Morgan fingerprint density at radius 1 is 1.35 bits per heavy atom. The molecule has 1 amide bonds. The van der Waals surface area contributed by atoms with Crippen molar-refractivity contribution in [2.24, 2.45) is 5.92 Å². The number of anilines is 1. The Bertz CT molecular complexity index is 560. The summed E-state index contributed by atoms with van der Waals surface area (Å²) in [5.41, 5.74) is 1.96. The van der Waals surface area contributed by atoms with E-state index >= 15 is 0 Å². The lowest BCUT2D eigenvalue weighted by atomic mass is 9.99. The van der Waals surface area contributed by atoms with Gasteiger partial charge in [-0.2, -0.15) is 5.10 Å². The number of carbonyl (C=O) groups excluding carboxylic acids is 1. The van der Waals surface area contributed by atoms with Crippen LogP contribution in [0.25, 0.3) is 0 Å². The molecule has 0 aliphatic carbocycles. The molecule has 6 heteroatoms. The second-order valence-electron chi connectivity index (χ2n) is 5.07. The molecule has 0 spiro atoms. The number of amides is 1. The van der Waals surface area contributed by atoms with Crippen molar-refractivity contribution >= 4 is 11.6 Å². The van der Waals surface area contributed by atoms with Crippen molar-refractivity contribution in [3.63, 3.8) is 0 Å². The molecule has 2 N–H and O–H groups in total. The van der Waals surface area contributed by atoms with E-state index in [1.54, 1.807) is 11.0 Å². The summed E-state index contributed by atoms with van der Waals surface area (Å²) in [7, 11) is 0. The molecule has 0 bridgehead atoms. The summed E-state index contributed by atoms with van der Waals surface area (Å²) < 4.78 is 1.76. The number of rotatable bonds is 5. The molecule has 2 heterocycles. The van der Waals surface area contributed by atoms with E-state index in [4.69, 9.17) is 0 Å². The van der Waals surface area contributed by atoms with Crippen molar-refractivity contribution in [2.75, 3.05) is 18.4 Å². The van der Waals surface area contributed by atoms with Crippen LogP contribution in [-0.4, -0.2) is 33.8 Å². The summed E-state index contributed by atoms with van der Waals surface area (Å²) in [6.45, 7) is 2.58. The van der Waals surface area contributed by atoms with Gasteiger partial charge >= 0.3 is 0 Å². The first-order valence-corrected chi connectivity index (χ1v) is 6.71. The fourth-order valence-corrected chi connectivity index (χ4v) is 2.16. The first-order chi connectivity index (χ1) is 9.79. The van der Waals surface area contributed by atoms with Crippen LogP contribution in [0.4, 0.5) is 5.69 Å². The van der Waals surface area contributed by atoms with Gasteiger partial charge < -0.3 is 10.6 Å². The molecule has 0 saturated carbocycles. The van der Waals surface area contributed by atoms with Crippen molar-refractivity contribution in [3.8, 4) is 0 Å². The average Bonchev–Trinajstić information content (AvgIpc) is 2.89. The Morgan fingerprint density at radius 2 is 2.15 bits per heavy atom. The minimum atomic E-state index is 0.0838. The van der Waals surface area contributed by atoms with E-state index in [0.29, 0.717) is 18.9 Å². The molecule has 1 aromatic carbocycles. The van der Waals surface area contributed by atoms with Gasteiger partial charge in [0, 0.05) is 12.1 Å². The largest absolute Gasteiger partial charge is 0.326 e. The monoisotopic (exact) mass is 271 g/mol. The molecule has 1 fully saturated rings. The number of aromatic nitrogens is 3. The topological polar surface area (TPSA) is 71.8 Å². The summed E-state index contributed by atoms with van der Waals surface area (Å²) in [5.74, 6) is 0.571. The summed E-state index contributed by atoms with van der Waals surface area (Å²) in [6, 6.07) is 7.82. The first-order valence-electron chi connectivity index (χ1n) is 6.71. The number of carbonyl (C=O) groups is 1. The summed E-state index contributed by atoms with van der Waals surface area (Å²) >= 11 is 0. The molecule has 1 aliphatic heterocycles. The standard InChI is InChI=1S/C14H17N5O/c20-14(5-12-6-15-7-12)18-13-3-1-11(2-4-13)8-19-10-16-9-17-19/h1-4,9-10,12,15H,5-8H2,(H,18,20). The molecular weight excluding hydrogens is 254 g/mol. The first kappa shape index (κ1) is 12.8. The molecule has 0 radical (unpaired) electrons. The second-order valence-corrected chi connectivity index (χ2v) is 5.07. The van der Waals surface area contributed by atoms with Gasteiger partial charge in [-0.1, -0.05) is 12.1 Å². The van der Waals surface area contributed by atoms with Crippen molar-refractivity contribution in [3.05, 3.63) is 42.5 Å². The zero-order valence-electron chi connectivity index (χ0n) is 11.1. The highest BCUT2D eigenvalue weighted by Crippen LogP contribution is 2.13. The van der Waals surface area contributed by atoms with Gasteiger partial charge in [0.2, 0.25) is 5.91 Å². The van der Waals surface area contributed by atoms with E-state index in [1.807, 2.05) is 24.3 Å². The van der Waals surface area contributed by atoms with Crippen LogP contribution >= 0.6 is 0 Å². The SMILES string of the molecule is O=C(CC1CNC1)Nc1ccc(Cn2cncn2)cc1. The average molecular weight is 271 g/mol. The number of hydrogen-bond donors (Lipinski definition) is 2. The van der Waals surface area contributed by atoms with E-state index < -0.39 is 0 Å². The predicted octanol–water partition coefficient (Wildman–Crippen LogP) is 0.874. The van der Waals surface area contributed by atoms with Crippen molar-refractivity contribution in [1.29, 1.82) is 0 Å². The van der Waals surface area contributed by atoms with Gasteiger partial charge in [-0.15, -0.1) is 0 Å². The Labute approximate surface area is 117 Å². The molecule has 3 rings (SSSR count). The van der Waals surface area contributed by atoms with Crippen molar-refractivity contribution < 1.29 is 4.79 Å². The summed E-state index contributed by atoms with van der Waals surface area (Å²) in [5, 5.41) is 10.2. The molecule has 20 heavy (non-hydrogen) atoms. The van der Waals surface area contributed by atoms with Gasteiger partial charge in [0.15, 0.2) is 0 Å². The van der Waals surface area contributed by atoms with Crippen LogP contribution in [0.3, 0.4) is 0 Å². The highest BCUT2D eigenvalue weighted by molar-refractivity contribution is 5.90. The Hall–Kier alpha value is -2.21. The van der Waals surface area contributed by atoms with Gasteiger partial charge in [0.05, 0.1) is 6.54 Å². The highest BCUT2D eigenvalue weighted by atomic mass is 16.1.